The molecule has 7 heteroatoms. The van der Waals surface area contributed by atoms with Crippen LogP contribution in [0.25, 0.3) is 43.6 Å². The Balaban J connectivity index is 1.63. The van der Waals surface area contributed by atoms with Gasteiger partial charge in [-0.3, -0.25) is 4.79 Å². The molecule has 1 saturated heterocycles. The number of rotatable bonds is 2. The zero-order chi connectivity index (χ0) is 22.5. The predicted octanol–water partition coefficient (Wildman–Crippen LogP) is 3.70. The van der Waals surface area contributed by atoms with Crippen LogP contribution in [-0.4, -0.2) is 41.3 Å². The zero-order valence-electron chi connectivity index (χ0n) is 18.8. The van der Waals surface area contributed by atoms with E-state index in [2.05, 4.69) is 62.2 Å². The van der Waals surface area contributed by atoms with Gasteiger partial charge < -0.3 is 29.2 Å². The molecule has 6 heterocycles. The molecule has 4 atom stereocenters. The summed E-state index contributed by atoms with van der Waals surface area (Å²) in [6.45, 7) is 0.549. The van der Waals surface area contributed by atoms with Crippen molar-refractivity contribution in [2.75, 3.05) is 14.2 Å². The van der Waals surface area contributed by atoms with Gasteiger partial charge >= 0.3 is 0 Å². The van der Waals surface area contributed by atoms with Crippen molar-refractivity contribution in [3.05, 3.63) is 59.2 Å². The van der Waals surface area contributed by atoms with Crippen LogP contribution >= 0.6 is 0 Å². The Morgan fingerprint density at radius 1 is 1.09 bits per heavy atom. The lowest BCUT2D eigenvalue weighted by atomic mass is 9.81. The lowest BCUT2D eigenvalue weighted by molar-refractivity contribution is -0.250. The van der Waals surface area contributed by atoms with Crippen LogP contribution in [-0.2, 0) is 21.7 Å². The van der Waals surface area contributed by atoms with Gasteiger partial charge in [-0.2, -0.15) is 0 Å². The maximum Gasteiger partial charge on any atom is 0.252 e. The molecule has 9 rings (SSSR count). The standard InChI is InChI=1S/C27H22N4O3/c1-28-16-10-18-30-17-9-4-3-6-12(17)20-21-14(11-29-26(21)32)19-13-7-5-8-15-22(13)31(24(19)23(20)30)27(15,34-18)25(16)33-2/h3-9,16,18,25,28H,10-11H2,1-2H3,(H,29,32)/t16-,18-,25-,27-/m0/s1. The minimum Gasteiger partial charge on any atom is -0.374 e. The van der Waals surface area contributed by atoms with Crippen LogP contribution in [0.15, 0.2) is 42.5 Å². The van der Waals surface area contributed by atoms with Gasteiger partial charge in [-0.25, -0.2) is 0 Å². The summed E-state index contributed by atoms with van der Waals surface area (Å²) in [5, 5.41) is 11.2. The second-order valence-corrected chi connectivity index (χ2v) is 9.96. The van der Waals surface area contributed by atoms with E-state index in [1.165, 1.54) is 21.9 Å². The minimum absolute atomic E-state index is 0.0156. The van der Waals surface area contributed by atoms with Crippen LogP contribution in [0, 0.1) is 0 Å². The first-order valence-electron chi connectivity index (χ1n) is 11.9. The number of carbonyl (C=O) groups is 1. The van der Waals surface area contributed by atoms with Crippen molar-refractivity contribution in [1.29, 1.82) is 0 Å². The normalized spacial score (nSPS) is 28.3. The molecule has 1 spiro atoms. The van der Waals surface area contributed by atoms with E-state index in [-0.39, 0.29) is 24.3 Å². The molecule has 4 aliphatic rings. The number of nitrogens with one attached hydrogen (secondary N) is 2. The Bertz CT molecular complexity index is 1800. The quantitative estimate of drug-likeness (QED) is 0.430. The van der Waals surface area contributed by atoms with Gasteiger partial charge in [0.25, 0.3) is 5.91 Å². The van der Waals surface area contributed by atoms with Crippen molar-refractivity contribution in [2.24, 2.45) is 0 Å². The number of methoxy groups -OCH3 is 1. The number of carbonyl (C=O) groups excluding carboxylic acids is 1. The summed E-state index contributed by atoms with van der Waals surface area (Å²) in [5.41, 5.74) is 6.96. The third-order valence-corrected chi connectivity index (χ3v) is 8.78. The summed E-state index contributed by atoms with van der Waals surface area (Å²) in [5.74, 6) is 0.0156. The number of likely N-dealkylation sites (N-methyl/N-ethyl adjacent to an activating group) is 1. The third kappa shape index (κ3) is 1.58. The van der Waals surface area contributed by atoms with Crippen LogP contribution < -0.4 is 10.6 Å². The van der Waals surface area contributed by atoms with E-state index in [9.17, 15) is 4.79 Å². The van der Waals surface area contributed by atoms with Gasteiger partial charge in [0.05, 0.1) is 27.6 Å². The Hall–Kier alpha value is -3.39. The average Bonchev–Trinajstić information content (AvgIpc) is 3.50. The highest BCUT2D eigenvalue weighted by Gasteiger charge is 2.61. The molecule has 3 aromatic carbocycles. The first kappa shape index (κ1) is 18.0. The van der Waals surface area contributed by atoms with Crippen LogP contribution in [0.2, 0.25) is 0 Å². The molecule has 2 N–H and O–H groups in total. The predicted molar refractivity (Wildman–Crippen MR) is 129 cm³/mol. The SMILES string of the molecule is CN[C@H]1C[C@@H]2O[C@@]3(c4cccc5c6c7c(c8c9ccccc9n2c8c6n3c45)C(=O)NC7)[C@H]1OC. The van der Waals surface area contributed by atoms with E-state index in [1.54, 1.807) is 7.11 Å². The van der Waals surface area contributed by atoms with Crippen LogP contribution in [0.5, 0.6) is 0 Å². The van der Waals surface area contributed by atoms with Gasteiger partial charge in [0.2, 0.25) is 5.72 Å². The number of ether oxygens (including phenoxy) is 2. The largest absolute Gasteiger partial charge is 0.374 e. The zero-order valence-corrected chi connectivity index (χ0v) is 18.8. The molecule has 2 bridgehead atoms. The number of para-hydroxylation sites is 2. The van der Waals surface area contributed by atoms with Crippen LogP contribution in [0.3, 0.4) is 0 Å². The topological polar surface area (TPSA) is 69.5 Å². The summed E-state index contributed by atoms with van der Waals surface area (Å²) in [6.07, 6.45) is 0.396. The summed E-state index contributed by atoms with van der Waals surface area (Å²) in [4.78, 5) is 13.3. The third-order valence-electron chi connectivity index (χ3n) is 8.78. The molecule has 5 aromatic rings. The van der Waals surface area contributed by atoms with Crippen LogP contribution in [0.4, 0.5) is 0 Å². The summed E-state index contributed by atoms with van der Waals surface area (Å²) in [7, 11) is 3.79. The average molecular weight is 450 g/mol. The molecule has 2 aromatic heterocycles. The van der Waals surface area contributed by atoms with E-state index < -0.39 is 5.72 Å². The molecule has 34 heavy (non-hydrogen) atoms. The maximum atomic E-state index is 13.3. The Kier molecular flexibility index (Phi) is 2.89. The number of hydrogen-bond acceptors (Lipinski definition) is 4. The van der Waals surface area contributed by atoms with E-state index in [0.717, 1.165) is 44.9 Å². The highest BCUT2D eigenvalue weighted by Crippen LogP contribution is 2.61. The number of fused-ring (bicyclic) bond motifs is 9. The van der Waals surface area contributed by atoms with Crippen molar-refractivity contribution >= 4 is 49.5 Å². The molecule has 0 unspecified atom stereocenters. The second kappa shape index (κ2) is 5.46. The van der Waals surface area contributed by atoms with Gasteiger partial charge in [-0.05, 0) is 18.7 Å². The Labute approximate surface area is 194 Å². The Morgan fingerprint density at radius 2 is 1.94 bits per heavy atom. The number of amides is 1. The van der Waals surface area contributed by atoms with Gasteiger partial charge in [-0.1, -0.05) is 36.4 Å². The lowest BCUT2D eigenvalue weighted by Crippen LogP contribution is -2.64. The minimum atomic E-state index is -0.709. The molecular formula is C27H22N4O3. The number of hydrogen-bond donors (Lipinski definition) is 2. The molecule has 4 aliphatic heterocycles. The lowest BCUT2D eigenvalue weighted by Gasteiger charge is -2.54. The van der Waals surface area contributed by atoms with Crippen molar-refractivity contribution in [1.82, 2.24) is 19.8 Å². The molecule has 1 amide bonds. The summed E-state index contributed by atoms with van der Waals surface area (Å²) < 4.78 is 18.1. The molecule has 0 aliphatic carbocycles. The summed E-state index contributed by atoms with van der Waals surface area (Å²) in [6, 6.07) is 15.0. The van der Waals surface area contributed by atoms with E-state index in [1.807, 2.05) is 7.05 Å². The molecule has 0 saturated carbocycles. The fraction of sp³-hybridized carbons (Fsp3) is 0.296. The molecular weight excluding hydrogens is 428 g/mol. The molecule has 168 valence electrons. The number of benzene rings is 3. The molecule has 0 radical (unpaired) electrons. The smallest absolute Gasteiger partial charge is 0.252 e. The highest BCUT2D eigenvalue weighted by molar-refractivity contribution is 6.31. The van der Waals surface area contributed by atoms with Crippen molar-refractivity contribution < 1.29 is 14.3 Å². The first-order valence-corrected chi connectivity index (χ1v) is 11.9. The van der Waals surface area contributed by atoms with E-state index in [4.69, 9.17) is 9.47 Å². The van der Waals surface area contributed by atoms with Gasteiger partial charge in [-0.15, -0.1) is 0 Å². The number of nitrogens with zero attached hydrogens (tertiary/aromatic N) is 2. The van der Waals surface area contributed by atoms with E-state index in [0.29, 0.717) is 6.54 Å². The first-order chi connectivity index (χ1) is 16.7. The number of aromatic nitrogens is 2. The summed E-state index contributed by atoms with van der Waals surface area (Å²) >= 11 is 0. The van der Waals surface area contributed by atoms with Gasteiger partial charge in [0.15, 0.2) is 0 Å². The van der Waals surface area contributed by atoms with Crippen LogP contribution in [0.1, 0.15) is 34.1 Å². The van der Waals surface area contributed by atoms with Crippen molar-refractivity contribution in [2.45, 2.75) is 37.1 Å². The van der Waals surface area contributed by atoms with Crippen molar-refractivity contribution in [3.8, 4) is 0 Å². The van der Waals surface area contributed by atoms with Gasteiger partial charge in [0, 0.05) is 53.2 Å². The fourth-order valence-corrected chi connectivity index (χ4v) is 7.65. The van der Waals surface area contributed by atoms with E-state index >= 15 is 0 Å². The molecule has 7 nitrogen and oxygen atoms in total. The second-order valence-electron chi connectivity index (χ2n) is 9.96. The monoisotopic (exact) mass is 450 g/mol. The van der Waals surface area contributed by atoms with Crippen molar-refractivity contribution in [3.63, 3.8) is 0 Å². The van der Waals surface area contributed by atoms with Gasteiger partial charge in [0.1, 0.15) is 12.3 Å². The fourth-order valence-electron chi connectivity index (χ4n) is 7.65. The molecule has 1 fully saturated rings. The Morgan fingerprint density at radius 3 is 2.79 bits per heavy atom. The highest BCUT2D eigenvalue weighted by atomic mass is 16.6. The maximum absolute atomic E-state index is 13.3.